The third-order valence-electron chi connectivity index (χ3n) is 5.08. The summed E-state index contributed by atoms with van der Waals surface area (Å²) >= 11 is 1.68. The number of hydrogen-bond acceptors (Lipinski definition) is 4. The number of hydrogen-bond donors (Lipinski definition) is 0. The van der Waals surface area contributed by atoms with E-state index < -0.39 is 0 Å². The molecule has 1 aliphatic heterocycles. The number of amides is 1. The van der Waals surface area contributed by atoms with Crippen molar-refractivity contribution in [3.63, 3.8) is 0 Å². The molecule has 0 radical (unpaired) electrons. The Hall–Kier alpha value is -1.88. The van der Waals surface area contributed by atoms with Gasteiger partial charge in [-0.15, -0.1) is 11.3 Å². The molecule has 1 saturated heterocycles. The van der Waals surface area contributed by atoms with Crippen LogP contribution < -0.4 is 4.90 Å². The molecular formula is C19H23N3OS. The second-order valence-corrected chi connectivity index (χ2v) is 7.72. The van der Waals surface area contributed by atoms with Gasteiger partial charge in [-0.05, 0) is 31.2 Å². The Labute approximate surface area is 147 Å². The van der Waals surface area contributed by atoms with Gasteiger partial charge >= 0.3 is 0 Å². The van der Waals surface area contributed by atoms with Crippen molar-refractivity contribution < 1.29 is 4.79 Å². The van der Waals surface area contributed by atoms with Gasteiger partial charge in [0.15, 0.2) is 5.13 Å². The van der Waals surface area contributed by atoms with Crippen LogP contribution in [0.3, 0.4) is 0 Å². The molecule has 1 saturated carbocycles. The number of benzene rings is 1. The lowest BCUT2D eigenvalue weighted by Crippen LogP contribution is -2.36. The Bertz CT molecular complexity index is 715. The van der Waals surface area contributed by atoms with Crippen LogP contribution in [0.1, 0.15) is 29.9 Å². The molecule has 2 fully saturated rings. The fraction of sp³-hybridized carbons (Fsp3) is 0.474. The van der Waals surface area contributed by atoms with Gasteiger partial charge in [0.25, 0.3) is 0 Å². The smallest absolute Gasteiger partial charge is 0.226 e. The SMILES string of the molecule is Cc1cccc([C@H]2C[C@@H]2C(=O)N2CCCN(c3nccs3)CC2)c1. The summed E-state index contributed by atoms with van der Waals surface area (Å²) in [5.41, 5.74) is 2.60. The van der Waals surface area contributed by atoms with E-state index in [1.165, 1.54) is 11.1 Å². The van der Waals surface area contributed by atoms with E-state index in [2.05, 4.69) is 46.0 Å². The first-order chi connectivity index (χ1) is 11.7. The van der Waals surface area contributed by atoms with Crippen molar-refractivity contribution >= 4 is 22.4 Å². The number of rotatable bonds is 3. The van der Waals surface area contributed by atoms with Crippen molar-refractivity contribution in [1.82, 2.24) is 9.88 Å². The molecule has 0 N–H and O–H groups in total. The lowest BCUT2D eigenvalue weighted by molar-refractivity contribution is -0.132. The van der Waals surface area contributed by atoms with Crippen molar-refractivity contribution in [3.8, 4) is 0 Å². The maximum absolute atomic E-state index is 12.9. The van der Waals surface area contributed by atoms with Crippen LogP contribution in [-0.2, 0) is 4.79 Å². The minimum absolute atomic E-state index is 0.193. The summed E-state index contributed by atoms with van der Waals surface area (Å²) in [6, 6.07) is 8.61. The second kappa shape index (κ2) is 6.55. The van der Waals surface area contributed by atoms with E-state index in [0.29, 0.717) is 11.8 Å². The molecule has 1 aliphatic carbocycles. The Balaban J connectivity index is 1.37. The molecule has 0 bridgehead atoms. The van der Waals surface area contributed by atoms with E-state index in [1.54, 1.807) is 11.3 Å². The molecule has 2 heterocycles. The van der Waals surface area contributed by atoms with Gasteiger partial charge in [-0.2, -0.15) is 0 Å². The Morgan fingerprint density at radius 1 is 1.25 bits per heavy atom. The molecule has 0 unspecified atom stereocenters. The molecule has 5 heteroatoms. The fourth-order valence-electron chi connectivity index (χ4n) is 3.67. The van der Waals surface area contributed by atoms with Gasteiger partial charge in [0.2, 0.25) is 5.91 Å². The van der Waals surface area contributed by atoms with Crippen LogP contribution in [0.4, 0.5) is 5.13 Å². The Morgan fingerprint density at radius 3 is 2.96 bits per heavy atom. The number of aryl methyl sites for hydroxylation is 1. The number of carbonyl (C=O) groups excluding carboxylic acids is 1. The average Bonchev–Trinajstić information content (AvgIpc) is 3.28. The zero-order chi connectivity index (χ0) is 16.5. The number of carbonyl (C=O) groups is 1. The van der Waals surface area contributed by atoms with Gasteiger partial charge in [-0.1, -0.05) is 29.8 Å². The van der Waals surface area contributed by atoms with Gasteiger partial charge in [0.05, 0.1) is 0 Å². The summed E-state index contributed by atoms with van der Waals surface area (Å²) in [4.78, 5) is 21.7. The largest absolute Gasteiger partial charge is 0.346 e. The normalized spacial score (nSPS) is 23.9. The van der Waals surface area contributed by atoms with E-state index in [9.17, 15) is 4.79 Å². The highest BCUT2D eigenvalue weighted by Crippen LogP contribution is 2.48. The lowest BCUT2D eigenvalue weighted by atomic mass is 10.1. The highest BCUT2D eigenvalue weighted by atomic mass is 32.1. The van der Waals surface area contributed by atoms with Gasteiger partial charge in [-0.3, -0.25) is 4.79 Å². The van der Waals surface area contributed by atoms with E-state index in [4.69, 9.17) is 0 Å². The van der Waals surface area contributed by atoms with Gasteiger partial charge in [0, 0.05) is 43.7 Å². The standard InChI is InChI=1S/C19H23N3OS/c1-14-4-2-5-15(12-14)16-13-17(16)18(23)21-7-3-8-22(10-9-21)19-20-6-11-24-19/h2,4-6,11-12,16-17H,3,7-10,13H2,1H3/t16-,17+/m1/s1. The van der Waals surface area contributed by atoms with Crippen LogP contribution in [0.15, 0.2) is 35.8 Å². The zero-order valence-electron chi connectivity index (χ0n) is 14.0. The van der Waals surface area contributed by atoms with E-state index in [1.807, 2.05) is 11.6 Å². The van der Waals surface area contributed by atoms with Crippen LogP contribution in [0, 0.1) is 12.8 Å². The number of nitrogens with zero attached hydrogens (tertiary/aromatic N) is 3. The van der Waals surface area contributed by atoms with Crippen LogP contribution in [-0.4, -0.2) is 42.0 Å². The van der Waals surface area contributed by atoms with Gasteiger partial charge in [-0.25, -0.2) is 4.98 Å². The molecular weight excluding hydrogens is 318 g/mol. The summed E-state index contributed by atoms with van der Waals surface area (Å²) in [6.07, 6.45) is 3.88. The Kier molecular flexibility index (Phi) is 4.27. The number of anilines is 1. The van der Waals surface area contributed by atoms with E-state index in [0.717, 1.165) is 44.2 Å². The molecule has 0 spiro atoms. The summed E-state index contributed by atoms with van der Waals surface area (Å²) in [5, 5.41) is 3.09. The molecule has 2 atom stereocenters. The molecule has 1 aromatic heterocycles. The molecule has 4 nitrogen and oxygen atoms in total. The molecule has 24 heavy (non-hydrogen) atoms. The van der Waals surface area contributed by atoms with E-state index in [-0.39, 0.29) is 5.92 Å². The van der Waals surface area contributed by atoms with Crippen molar-refractivity contribution in [2.45, 2.75) is 25.7 Å². The van der Waals surface area contributed by atoms with Crippen molar-refractivity contribution in [2.75, 3.05) is 31.1 Å². The third kappa shape index (κ3) is 3.18. The lowest BCUT2D eigenvalue weighted by Gasteiger charge is -2.22. The summed E-state index contributed by atoms with van der Waals surface area (Å²) in [6.45, 7) is 5.68. The predicted molar refractivity (Wildman–Crippen MR) is 97.6 cm³/mol. The van der Waals surface area contributed by atoms with Crippen molar-refractivity contribution in [2.24, 2.45) is 5.92 Å². The predicted octanol–water partition coefficient (Wildman–Crippen LogP) is 3.29. The number of thiazole rings is 1. The van der Waals surface area contributed by atoms with Gasteiger partial charge in [0.1, 0.15) is 0 Å². The number of aromatic nitrogens is 1. The monoisotopic (exact) mass is 341 g/mol. The van der Waals surface area contributed by atoms with E-state index >= 15 is 0 Å². The maximum Gasteiger partial charge on any atom is 0.226 e. The van der Waals surface area contributed by atoms with Gasteiger partial charge < -0.3 is 9.80 Å². The summed E-state index contributed by atoms with van der Waals surface area (Å²) < 4.78 is 0. The zero-order valence-corrected chi connectivity index (χ0v) is 14.8. The molecule has 126 valence electrons. The molecule has 2 aliphatic rings. The quantitative estimate of drug-likeness (QED) is 0.859. The minimum Gasteiger partial charge on any atom is -0.346 e. The van der Waals surface area contributed by atoms with Crippen molar-refractivity contribution in [1.29, 1.82) is 0 Å². The highest BCUT2D eigenvalue weighted by Gasteiger charge is 2.45. The van der Waals surface area contributed by atoms with Crippen LogP contribution >= 0.6 is 11.3 Å². The first-order valence-electron chi connectivity index (χ1n) is 8.72. The molecule has 1 amide bonds. The van der Waals surface area contributed by atoms with Crippen molar-refractivity contribution in [3.05, 3.63) is 47.0 Å². The second-order valence-electron chi connectivity index (χ2n) is 6.84. The Morgan fingerprint density at radius 2 is 2.17 bits per heavy atom. The highest BCUT2D eigenvalue weighted by molar-refractivity contribution is 7.13. The first kappa shape index (κ1) is 15.6. The van der Waals surface area contributed by atoms with Crippen LogP contribution in [0.2, 0.25) is 0 Å². The maximum atomic E-state index is 12.9. The first-order valence-corrected chi connectivity index (χ1v) is 9.60. The van der Waals surface area contributed by atoms with Crippen LogP contribution in [0.25, 0.3) is 0 Å². The topological polar surface area (TPSA) is 36.4 Å². The summed E-state index contributed by atoms with van der Waals surface area (Å²) in [5.74, 6) is 0.969. The molecule has 1 aromatic carbocycles. The van der Waals surface area contributed by atoms with Crippen LogP contribution in [0.5, 0.6) is 0 Å². The average molecular weight is 341 g/mol. The third-order valence-corrected chi connectivity index (χ3v) is 5.91. The summed E-state index contributed by atoms with van der Waals surface area (Å²) in [7, 11) is 0. The molecule has 4 rings (SSSR count). The molecule has 2 aromatic rings. The fourth-order valence-corrected chi connectivity index (χ4v) is 4.37. The minimum atomic E-state index is 0.193.